The molecule has 0 aromatic rings. The number of aliphatic imine (C=N–C) groups is 1. The number of halogens is 1. The fraction of sp³-hybridized carbons (Fsp3) is 0.750. The van der Waals surface area contributed by atoms with Gasteiger partial charge in [0.15, 0.2) is 0 Å². The quantitative estimate of drug-likeness (QED) is 0.480. The summed E-state index contributed by atoms with van der Waals surface area (Å²) in [7, 11) is 1.64. The van der Waals surface area contributed by atoms with Gasteiger partial charge in [0.05, 0.1) is 13.2 Å². The number of ether oxygens (including phenoxy) is 1. The Bertz CT molecular complexity index is 276. The number of aliphatic hydroxyl groups is 1. The lowest BCUT2D eigenvalue weighted by molar-refractivity contribution is 0.297. The third-order valence-electron chi connectivity index (χ3n) is 2.74. The van der Waals surface area contributed by atoms with Gasteiger partial charge in [-0.3, -0.25) is 0 Å². The topological polar surface area (TPSA) is 41.8 Å². The van der Waals surface area contributed by atoms with Gasteiger partial charge in [-0.15, -0.1) is 0 Å². The Hall–Kier alpha value is -0.350. The molecule has 16 heavy (non-hydrogen) atoms. The van der Waals surface area contributed by atoms with Crippen LogP contribution >= 0.6 is 15.9 Å². The van der Waals surface area contributed by atoms with E-state index in [1.54, 1.807) is 7.11 Å². The maximum Gasteiger partial charge on any atom is 0.211 e. The van der Waals surface area contributed by atoms with Gasteiger partial charge in [0.25, 0.3) is 0 Å². The summed E-state index contributed by atoms with van der Waals surface area (Å²) in [5.41, 5.74) is 1.01. The Labute approximate surface area is 106 Å². The van der Waals surface area contributed by atoms with E-state index in [1.165, 1.54) is 6.42 Å². The molecular formula is C12H20BrNO2. The molecule has 1 fully saturated rings. The molecule has 1 aliphatic rings. The molecule has 2 atom stereocenters. The lowest BCUT2D eigenvalue weighted by Gasteiger charge is -2.29. The first-order valence-electron chi connectivity index (χ1n) is 5.79. The van der Waals surface area contributed by atoms with Crippen molar-refractivity contribution in [2.75, 3.05) is 13.7 Å². The van der Waals surface area contributed by atoms with Crippen molar-refractivity contribution in [3.63, 3.8) is 0 Å². The molecule has 1 aliphatic carbocycles. The molecule has 0 aliphatic heterocycles. The second-order valence-corrected chi connectivity index (χ2v) is 5.09. The fourth-order valence-corrected chi connectivity index (χ4v) is 2.31. The van der Waals surface area contributed by atoms with Crippen LogP contribution in [0.15, 0.2) is 16.6 Å². The highest BCUT2D eigenvalue weighted by Crippen LogP contribution is 2.30. The third kappa shape index (κ3) is 3.59. The second kappa shape index (κ2) is 7.07. The van der Waals surface area contributed by atoms with E-state index >= 15 is 0 Å². The number of allylic oxidation sites excluding steroid dienone is 1. The van der Waals surface area contributed by atoms with Gasteiger partial charge in [-0.2, -0.15) is 0 Å². The fourth-order valence-electron chi connectivity index (χ4n) is 1.67. The Morgan fingerprint density at radius 3 is 2.69 bits per heavy atom. The number of aliphatic hydroxyl groups excluding tert-OH is 1. The van der Waals surface area contributed by atoms with Crippen molar-refractivity contribution in [3.05, 3.63) is 11.6 Å². The van der Waals surface area contributed by atoms with E-state index in [0.717, 1.165) is 18.4 Å². The highest BCUT2D eigenvalue weighted by Gasteiger charge is 2.28. The summed E-state index contributed by atoms with van der Waals surface area (Å²) in [6.45, 7) is 2.21. The molecule has 1 saturated carbocycles. The molecule has 0 heterocycles. The molecule has 92 valence electrons. The molecule has 4 heteroatoms. The highest BCUT2D eigenvalue weighted by atomic mass is 79.9. The molecule has 0 radical (unpaired) electrons. The van der Waals surface area contributed by atoms with Crippen LogP contribution in [-0.2, 0) is 4.74 Å². The van der Waals surface area contributed by atoms with E-state index in [-0.39, 0.29) is 6.61 Å². The van der Waals surface area contributed by atoms with E-state index in [9.17, 15) is 0 Å². The van der Waals surface area contributed by atoms with Crippen molar-refractivity contribution >= 4 is 21.8 Å². The average molecular weight is 290 g/mol. The second-order valence-electron chi connectivity index (χ2n) is 3.91. The smallest absolute Gasteiger partial charge is 0.211 e. The van der Waals surface area contributed by atoms with Gasteiger partial charge in [-0.05, 0) is 19.3 Å². The maximum atomic E-state index is 9.00. The lowest BCUT2D eigenvalue weighted by atomic mass is 9.93. The molecule has 0 aromatic carbocycles. The zero-order valence-corrected chi connectivity index (χ0v) is 11.5. The third-order valence-corrected chi connectivity index (χ3v) is 3.81. The van der Waals surface area contributed by atoms with Gasteiger partial charge in [0, 0.05) is 23.4 Å². The van der Waals surface area contributed by atoms with Crippen LogP contribution in [0.2, 0.25) is 0 Å². The van der Waals surface area contributed by atoms with E-state index in [0.29, 0.717) is 23.2 Å². The molecule has 0 aromatic heterocycles. The Kier molecular flexibility index (Phi) is 6.06. The van der Waals surface area contributed by atoms with Crippen molar-refractivity contribution < 1.29 is 9.84 Å². The molecular weight excluding hydrogens is 270 g/mol. The standard InChI is InChI=1S/C12H20BrNO2/c1-3-4-9(7-8-15)12(16-2)14-11-6-5-10(11)13/h4,10-11,15H,3,5-8H2,1-2H3/b9-4-,14-12?/t10-,11?/m0/s1. The summed E-state index contributed by atoms with van der Waals surface area (Å²) in [4.78, 5) is 5.07. The first-order valence-corrected chi connectivity index (χ1v) is 6.70. The molecule has 1 rings (SSSR count). The van der Waals surface area contributed by atoms with Crippen LogP contribution in [0.4, 0.5) is 0 Å². The summed E-state index contributed by atoms with van der Waals surface area (Å²) in [5, 5.41) is 9.00. The largest absolute Gasteiger partial charge is 0.481 e. The van der Waals surface area contributed by atoms with Crippen LogP contribution in [0.25, 0.3) is 0 Å². The SMILES string of the molecule is CC/C=C(/CCO)C(=NC1CC[C@@H]1Br)OC. The summed E-state index contributed by atoms with van der Waals surface area (Å²) in [5.74, 6) is 0.685. The molecule has 0 amide bonds. The summed E-state index contributed by atoms with van der Waals surface area (Å²) in [6.07, 6.45) is 5.90. The van der Waals surface area contributed by atoms with Crippen molar-refractivity contribution in [2.45, 2.75) is 43.5 Å². The van der Waals surface area contributed by atoms with E-state index in [4.69, 9.17) is 9.84 Å². The van der Waals surface area contributed by atoms with Crippen LogP contribution in [0.5, 0.6) is 0 Å². The summed E-state index contributed by atoms with van der Waals surface area (Å²) >= 11 is 3.58. The first-order chi connectivity index (χ1) is 7.72. The number of methoxy groups -OCH3 is 1. The number of nitrogens with zero attached hydrogens (tertiary/aromatic N) is 1. The molecule has 1 unspecified atom stereocenters. The van der Waals surface area contributed by atoms with Gasteiger partial charge in [0.2, 0.25) is 5.90 Å². The lowest BCUT2D eigenvalue weighted by Crippen LogP contribution is -2.31. The average Bonchev–Trinajstić information content (AvgIpc) is 2.28. The normalized spacial score (nSPS) is 26.5. The predicted octanol–water partition coefficient (Wildman–Crippen LogP) is 2.68. The number of rotatable bonds is 5. The van der Waals surface area contributed by atoms with Crippen LogP contribution in [-0.4, -0.2) is 35.6 Å². The zero-order chi connectivity index (χ0) is 12.0. The van der Waals surface area contributed by atoms with Gasteiger partial charge in [-0.1, -0.05) is 28.9 Å². The van der Waals surface area contributed by atoms with Crippen molar-refractivity contribution in [2.24, 2.45) is 4.99 Å². The Morgan fingerprint density at radius 2 is 2.31 bits per heavy atom. The van der Waals surface area contributed by atoms with Crippen LogP contribution in [0, 0.1) is 0 Å². The van der Waals surface area contributed by atoms with Crippen molar-refractivity contribution in [3.8, 4) is 0 Å². The predicted molar refractivity (Wildman–Crippen MR) is 70.3 cm³/mol. The van der Waals surface area contributed by atoms with Gasteiger partial charge in [0.1, 0.15) is 0 Å². The number of hydrogen-bond acceptors (Lipinski definition) is 3. The van der Waals surface area contributed by atoms with Gasteiger partial charge < -0.3 is 9.84 Å². The van der Waals surface area contributed by atoms with Gasteiger partial charge in [-0.25, -0.2) is 4.99 Å². The minimum Gasteiger partial charge on any atom is -0.481 e. The minimum absolute atomic E-state index is 0.136. The Morgan fingerprint density at radius 1 is 1.56 bits per heavy atom. The summed E-state index contributed by atoms with van der Waals surface area (Å²) < 4.78 is 5.32. The van der Waals surface area contributed by atoms with Crippen LogP contribution < -0.4 is 0 Å². The van der Waals surface area contributed by atoms with Crippen molar-refractivity contribution in [1.29, 1.82) is 0 Å². The molecule has 0 spiro atoms. The van der Waals surface area contributed by atoms with E-state index in [1.807, 2.05) is 0 Å². The highest BCUT2D eigenvalue weighted by molar-refractivity contribution is 9.09. The molecule has 3 nitrogen and oxygen atoms in total. The van der Waals surface area contributed by atoms with Crippen LogP contribution in [0.3, 0.4) is 0 Å². The number of hydrogen-bond donors (Lipinski definition) is 1. The Balaban J connectivity index is 2.73. The molecule has 0 bridgehead atoms. The van der Waals surface area contributed by atoms with Gasteiger partial charge >= 0.3 is 0 Å². The van der Waals surface area contributed by atoms with E-state index in [2.05, 4.69) is 33.9 Å². The van der Waals surface area contributed by atoms with E-state index < -0.39 is 0 Å². The zero-order valence-electron chi connectivity index (χ0n) is 9.95. The van der Waals surface area contributed by atoms with Crippen molar-refractivity contribution in [1.82, 2.24) is 0 Å². The minimum atomic E-state index is 0.136. The monoisotopic (exact) mass is 289 g/mol. The first kappa shape index (κ1) is 13.7. The maximum absolute atomic E-state index is 9.00. The number of alkyl halides is 1. The molecule has 1 N–H and O–H groups in total. The molecule has 0 saturated heterocycles. The summed E-state index contributed by atoms with van der Waals surface area (Å²) in [6, 6.07) is 0.328. The van der Waals surface area contributed by atoms with Crippen LogP contribution in [0.1, 0.15) is 32.6 Å².